The Morgan fingerprint density at radius 1 is 1.07 bits per heavy atom. The molecule has 0 radical (unpaired) electrons. The van der Waals surface area contributed by atoms with Crippen LogP contribution in [0.3, 0.4) is 0 Å². The summed E-state index contributed by atoms with van der Waals surface area (Å²) in [6.07, 6.45) is 7.97. The van der Waals surface area contributed by atoms with E-state index in [-0.39, 0.29) is 29.6 Å². The smallest absolute Gasteiger partial charge is 0.242 e. The molecule has 0 spiro atoms. The molecule has 1 aromatic carbocycles. The van der Waals surface area contributed by atoms with Crippen molar-refractivity contribution in [3.8, 4) is 0 Å². The molecule has 2 amide bonds. The van der Waals surface area contributed by atoms with Crippen LogP contribution in [0.1, 0.15) is 51.4 Å². The fraction of sp³-hybridized carbons (Fsp3) is 0.619. The SMILES string of the molecule is O=C(NCCCSc1ccc(F)cc1)C1CCCN1C(=O)C1CCCCC1. The molecule has 1 saturated heterocycles. The van der Waals surface area contributed by atoms with Gasteiger partial charge in [0.05, 0.1) is 0 Å². The molecule has 0 bridgehead atoms. The van der Waals surface area contributed by atoms with E-state index in [1.807, 2.05) is 4.90 Å². The zero-order valence-electron chi connectivity index (χ0n) is 15.8. The van der Waals surface area contributed by atoms with Gasteiger partial charge in [0, 0.05) is 23.9 Å². The van der Waals surface area contributed by atoms with Crippen LogP contribution >= 0.6 is 11.8 Å². The number of thioether (sulfide) groups is 1. The van der Waals surface area contributed by atoms with Crippen LogP contribution in [0.25, 0.3) is 0 Å². The molecule has 0 aromatic heterocycles. The molecule has 148 valence electrons. The number of hydrogen-bond donors (Lipinski definition) is 1. The molecule has 1 saturated carbocycles. The van der Waals surface area contributed by atoms with E-state index >= 15 is 0 Å². The van der Waals surface area contributed by atoms with Crippen molar-refractivity contribution in [2.24, 2.45) is 5.92 Å². The van der Waals surface area contributed by atoms with Gasteiger partial charge in [-0.3, -0.25) is 9.59 Å². The van der Waals surface area contributed by atoms with E-state index in [9.17, 15) is 14.0 Å². The number of carbonyl (C=O) groups excluding carboxylic acids is 2. The number of nitrogens with zero attached hydrogens (tertiary/aromatic N) is 1. The zero-order chi connectivity index (χ0) is 19.1. The Bertz CT molecular complexity index is 632. The Kier molecular flexibility index (Phi) is 7.56. The molecule has 2 aliphatic rings. The summed E-state index contributed by atoms with van der Waals surface area (Å²) < 4.78 is 12.9. The van der Waals surface area contributed by atoms with Gasteiger partial charge in [0.1, 0.15) is 11.9 Å². The van der Waals surface area contributed by atoms with Crippen molar-refractivity contribution in [1.82, 2.24) is 10.2 Å². The van der Waals surface area contributed by atoms with Crippen LogP contribution in [0.4, 0.5) is 4.39 Å². The highest BCUT2D eigenvalue weighted by Crippen LogP contribution is 2.28. The molecule has 1 aliphatic heterocycles. The second-order valence-corrected chi connectivity index (χ2v) is 8.64. The molecule has 6 heteroatoms. The second-order valence-electron chi connectivity index (χ2n) is 7.47. The minimum atomic E-state index is -0.288. The van der Waals surface area contributed by atoms with Gasteiger partial charge in [0.15, 0.2) is 0 Å². The minimum absolute atomic E-state index is 0.0107. The molecular weight excluding hydrogens is 363 g/mol. The fourth-order valence-corrected chi connectivity index (χ4v) is 4.86. The number of amides is 2. The Hall–Kier alpha value is -1.56. The number of hydrogen-bond acceptors (Lipinski definition) is 3. The molecule has 2 fully saturated rings. The lowest BCUT2D eigenvalue weighted by Crippen LogP contribution is -2.48. The van der Waals surface area contributed by atoms with Crippen LogP contribution in [-0.4, -0.2) is 41.6 Å². The third kappa shape index (κ3) is 5.71. The van der Waals surface area contributed by atoms with Gasteiger partial charge in [0.25, 0.3) is 0 Å². The number of carbonyl (C=O) groups is 2. The number of benzene rings is 1. The van der Waals surface area contributed by atoms with E-state index in [0.717, 1.165) is 55.6 Å². The molecule has 1 N–H and O–H groups in total. The number of nitrogens with one attached hydrogen (secondary N) is 1. The lowest BCUT2D eigenvalue weighted by Gasteiger charge is -2.30. The van der Waals surface area contributed by atoms with Gasteiger partial charge in [-0.2, -0.15) is 0 Å². The molecule has 1 aromatic rings. The molecule has 1 atom stereocenters. The van der Waals surface area contributed by atoms with E-state index < -0.39 is 0 Å². The fourth-order valence-electron chi connectivity index (χ4n) is 4.01. The maximum Gasteiger partial charge on any atom is 0.242 e. The summed E-state index contributed by atoms with van der Waals surface area (Å²) in [4.78, 5) is 28.2. The van der Waals surface area contributed by atoms with Crippen molar-refractivity contribution in [3.05, 3.63) is 30.1 Å². The summed E-state index contributed by atoms with van der Waals surface area (Å²) in [5.74, 6) is 0.943. The highest BCUT2D eigenvalue weighted by atomic mass is 32.2. The summed E-state index contributed by atoms with van der Waals surface area (Å²) >= 11 is 1.65. The minimum Gasteiger partial charge on any atom is -0.354 e. The van der Waals surface area contributed by atoms with Crippen molar-refractivity contribution >= 4 is 23.6 Å². The summed E-state index contributed by atoms with van der Waals surface area (Å²) in [7, 11) is 0. The van der Waals surface area contributed by atoms with Gasteiger partial charge in [-0.25, -0.2) is 4.39 Å². The van der Waals surface area contributed by atoms with Crippen molar-refractivity contribution in [2.75, 3.05) is 18.8 Å². The Balaban J connectivity index is 1.39. The Morgan fingerprint density at radius 3 is 2.56 bits per heavy atom. The van der Waals surface area contributed by atoms with E-state index in [4.69, 9.17) is 0 Å². The van der Waals surface area contributed by atoms with Crippen LogP contribution in [-0.2, 0) is 9.59 Å². The van der Waals surface area contributed by atoms with Gasteiger partial charge >= 0.3 is 0 Å². The van der Waals surface area contributed by atoms with Crippen LogP contribution < -0.4 is 5.32 Å². The van der Waals surface area contributed by atoms with Crippen LogP contribution in [0.15, 0.2) is 29.2 Å². The predicted molar refractivity (Wildman–Crippen MR) is 106 cm³/mol. The zero-order valence-corrected chi connectivity index (χ0v) is 16.6. The maximum absolute atomic E-state index is 12.9. The summed E-state index contributed by atoms with van der Waals surface area (Å²) in [6.45, 7) is 1.32. The lowest BCUT2D eigenvalue weighted by atomic mass is 9.88. The first-order chi connectivity index (χ1) is 13.1. The number of halogens is 1. The van der Waals surface area contributed by atoms with Gasteiger partial charge in [-0.1, -0.05) is 19.3 Å². The summed E-state index contributed by atoms with van der Waals surface area (Å²) in [6, 6.07) is 6.17. The molecule has 1 heterocycles. The molecule has 4 nitrogen and oxygen atoms in total. The second kappa shape index (κ2) is 10.1. The first-order valence-electron chi connectivity index (χ1n) is 10.1. The quantitative estimate of drug-likeness (QED) is 0.564. The van der Waals surface area contributed by atoms with E-state index in [1.165, 1.54) is 18.6 Å². The van der Waals surface area contributed by atoms with Crippen molar-refractivity contribution in [3.63, 3.8) is 0 Å². The van der Waals surface area contributed by atoms with Crippen LogP contribution in [0.5, 0.6) is 0 Å². The first-order valence-corrected chi connectivity index (χ1v) is 11.1. The van der Waals surface area contributed by atoms with E-state index in [0.29, 0.717) is 13.1 Å². The molecule has 3 rings (SSSR count). The number of rotatable bonds is 7. The molecular formula is C21H29FN2O2S. The van der Waals surface area contributed by atoms with E-state index in [2.05, 4.69) is 5.32 Å². The normalized spacial score (nSPS) is 20.6. The third-order valence-corrected chi connectivity index (χ3v) is 6.59. The van der Waals surface area contributed by atoms with Crippen molar-refractivity contribution in [2.45, 2.75) is 62.3 Å². The van der Waals surface area contributed by atoms with Crippen LogP contribution in [0, 0.1) is 11.7 Å². The van der Waals surface area contributed by atoms with E-state index in [1.54, 1.807) is 23.9 Å². The maximum atomic E-state index is 12.9. The largest absolute Gasteiger partial charge is 0.354 e. The highest BCUT2D eigenvalue weighted by Gasteiger charge is 2.37. The standard InChI is InChI=1S/C21H29FN2O2S/c22-17-9-11-18(12-10-17)27-15-5-13-23-20(25)19-8-4-14-24(19)21(26)16-6-2-1-3-7-16/h9-12,16,19H,1-8,13-15H2,(H,23,25). The van der Waals surface area contributed by atoms with Gasteiger partial charge in [-0.05, 0) is 62.1 Å². The molecule has 1 aliphatic carbocycles. The average Bonchev–Trinajstić information content (AvgIpc) is 3.19. The van der Waals surface area contributed by atoms with Crippen molar-refractivity contribution < 1.29 is 14.0 Å². The molecule has 1 unspecified atom stereocenters. The number of likely N-dealkylation sites (tertiary alicyclic amines) is 1. The van der Waals surface area contributed by atoms with Gasteiger partial charge < -0.3 is 10.2 Å². The summed E-state index contributed by atoms with van der Waals surface area (Å²) in [5, 5.41) is 3.00. The van der Waals surface area contributed by atoms with Gasteiger partial charge in [-0.15, -0.1) is 11.8 Å². The third-order valence-electron chi connectivity index (χ3n) is 5.50. The topological polar surface area (TPSA) is 49.4 Å². The first kappa shape index (κ1) is 20.2. The Morgan fingerprint density at radius 2 is 1.81 bits per heavy atom. The van der Waals surface area contributed by atoms with Crippen LogP contribution in [0.2, 0.25) is 0 Å². The summed E-state index contributed by atoms with van der Waals surface area (Å²) in [5.41, 5.74) is 0. The lowest BCUT2D eigenvalue weighted by molar-refractivity contribution is -0.142. The van der Waals surface area contributed by atoms with Gasteiger partial charge in [0.2, 0.25) is 11.8 Å². The average molecular weight is 393 g/mol. The Labute approximate surface area is 165 Å². The van der Waals surface area contributed by atoms with Crippen molar-refractivity contribution in [1.29, 1.82) is 0 Å². The highest BCUT2D eigenvalue weighted by molar-refractivity contribution is 7.99. The molecule has 27 heavy (non-hydrogen) atoms. The monoisotopic (exact) mass is 392 g/mol. The predicted octanol–water partition coefficient (Wildman–Crippen LogP) is 4.00.